The minimum atomic E-state index is -0.819. The van der Waals surface area contributed by atoms with E-state index in [-0.39, 0.29) is 28.8 Å². The molecule has 200 valence electrons. The smallest absolute Gasteiger partial charge is 0.272 e. The van der Waals surface area contributed by atoms with E-state index in [0.717, 1.165) is 36.0 Å². The molecule has 0 spiro atoms. The van der Waals surface area contributed by atoms with E-state index in [0.29, 0.717) is 23.3 Å². The van der Waals surface area contributed by atoms with E-state index in [2.05, 4.69) is 34.3 Å². The average Bonchev–Trinajstić information content (AvgIpc) is 3.26. The second-order valence-electron chi connectivity index (χ2n) is 11.9. The molecule has 0 aliphatic heterocycles. The highest BCUT2D eigenvalue weighted by Gasteiger charge is 2.42. The zero-order chi connectivity index (χ0) is 27.2. The van der Waals surface area contributed by atoms with E-state index in [9.17, 15) is 14.7 Å². The van der Waals surface area contributed by atoms with Gasteiger partial charge >= 0.3 is 0 Å². The number of fused-ring (bicyclic) bond motifs is 2. The van der Waals surface area contributed by atoms with Gasteiger partial charge in [-0.3, -0.25) is 14.0 Å². The van der Waals surface area contributed by atoms with Crippen LogP contribution in [0.1, 0.15) is 69.1 Å². The van der Waals surface area contributed by atoms with Crippen LogP contribution in [0.15, 0.2) is 53.6 Å². The molecule has 1 aliphatic carbocycles. The van der Waals surface area contributed by atoms with Gasteiger partial charge in [-0.05, 0) is 50.7 Å². The maximum Gasteiger partial charge on any atom is 0.272 e. The molecule has 4 aromatic rings. The summed E-state index contributed by atoms with van der Waals surface area (Å²) in [6, 6.07) is 11.5. The maximum atomic E-state index is 13.1. The van der Waals surface area contributed by atoms with Gasteiger partial charge in [-0.25, -0.2) is 10.1 Å². The number of hydrogen-bond acceptors (Lipinski definition) is 6. The van der Waals surface area contributed by atoms with Gasteiger partial charge in [-0.1, -0.05) is 32.0 Å². The number of aromatic amines is 1. The van der Waals surface area contributed by atoms with E-state index < -0.39 is 5.60 Å². The minimum absolute atomic E-state index is 0.0791. The third-order valence-electron chi connectivity index (χ3n) is 7.60. The second kappa shape index (κ2) is 9.54. The zero-order valence-corrected chi connectivity index (χ0v) is 22.7. The first-order chi connectivity index (χ1) is 17.9. The number of hydrogen-bond donors (Lipinski definition) is 3. The monoisotopic (exact) mass is 516 g/mol. The fourth-order valence-electron chi connectivity index (χ4n) is 6.05. The molecular formula is C29H36N6O3. The number of carbonyl (C=O) groups excluding carboxylic acids is 1. The van der Waals surface area contributed by atoms with Crippen molar-refractivity contribution in [2.75, 3.05) is 18.5 Å². The van der Waals surface area contributed by atoms with Crippen LogP contribution in [0.5, 0.6) is 0 Å². The summed E-state index contributed by atoms with van der Waals surface area (Å²) in [5, 5.41) is 21.9. The van der Waals surface area contributed by atoms with Crippen LogP contribution in [0.25, 0.3) is 16.4 Å². The Morgan fingerprint density at radius 2 is 2.00 bits per heavy atom. The summed E-state index contributed by atoms with van der Waals surface area (Å²) in [5.41, 5.74) is 2.11. The number of rotatable bonds is 8. The van der Waals surface area contributed by atoms with Crippen LogP contribution in [-0.2, 0) is 0 Å². The van der Waals surface area contributed by atoms with Crippen LogP contribution in [-0.4, -0.2) is 55.8 Å². The Morgan fingerprint density at radius 1 is 1.29 bits per heavy atom. The maximum absolute atomic E-state index is 13.1. The van der Waals surface area contributed by atoms with Crippen molar-refractivity contribution < 1.29 is 9.90 Å². The average molecular weight is 517 g/mol. The van der Waals surface area contributed by atoms with Gasteiger partial charge < -0.3 is 15.3 Å². The molecule has 0 saturated heterocycles. The molecule has 3 heterocycles. The number of carbonyl (C=O) groups is 1. The number of nitrogens with zero attached hydrogens (tertiary/aromatic N) is 4. The molecular weight excluding hydrogens is 480 g/mol. The Labute approximate surface area is 221 Å². The highest BCUT2D eigenvalue weighted by molar-refractivity contribution is 5.93. The van der Waals surface area contributed by atoms with E-state index in [1.165, 1.54) is 0 Å². The lowest BCUT2D eigenvalue weighted by Gasteiger charge is -2.47. The molecule has 1 aromatic carbocycles. The van der Waals surface area contributed by atoms with Gasteiger partial charge in [0.05, 0.1) is 22.9 Å². The number of aliphatic hydroxyl groups is 1. The van der Waals surface area contributed by atoms with Gasteiger partial charge in [0, 0.05) is 48.9 Å². The predicted molar refractivity (Wildman–Crippen MR) is 149 cm³/mol. The zero-order valence-electron chi connectivity index (χ0n) is 22.7. The molecule has 9 heteroatoms. The number of pyridine rings is 1. The molecule has 9 nitrogen and oxygen atoms in total. The van der Waals surface area contributed by atoms with Crippen molar-refractivity contribution in [3.8, 4) is 0 Å². The Kier molecular flexibility index (Phi) is 6.51. The highest BCUT2D eigenvalue weighted by atomic mass is 16.3. The molecule has 1 saturated carbocycles. The Morgan fingerprint density at radius 3 is 2.71 bits per heavy atom. The number of likely N-dealkylation sites (N-methyl/N-ethyl adjacent to an activating group) is 1. The number of H-pyrrole nitrogens is 1. The summed E-state index contributed by atoms with van der Waals surface area (Å²) < 4.78 is 1.80. The third-order valence-corrected chi connectivity index (χ3v) is 7.60. The number of imidazole rings is 1. The van der Waals surface area contributed by atoms with E-state index in [4.69, 9.17) is 0 Å². The molecule has 5 rings (SSSR count). The van der Waals surface area contributed by atoms with Crippen molar-refractivity contribution >= 4 is 28.0 Å². The van der Waals surface area contributed by atoms with Crippen LogP contribution in [0.3, 0.4) is 0 Å². The van der Waals surface area contributed by atoms with Crippen LogP contribution in [0.2, 0.25) is 0 Å². The first-order valence-corrected chi connectivity index (χ1v) is 13.1. The van der Waals surface area contributed by atoms with Gasteiger partial charge in [0.25, 0.3) is 11.5 Å². The van der Waals surface area contributed by atoms with Gasteiger partial charge in [0.15, 0.2) is 0 Å². The van der Waals surface area contributed by atoms with Crippen molar-refractivity contribution in [1.29, 1.82) is 0 Å². The highest BCUT2D eigenvalue weighted by Crippen LogP contribution is 2.47. The van der Waals surface area contributed by atoms with Gasteiger partial charge in [0.1, 0.15) is 11.3 Å². The van der Waals surface area contributed by atoms with E-state index in [1.807, 2.05) is 54.5 Å². The number of anilines is 1. The van der Waals surface area contributed by atoms with Crippen molar-refractivity contribution in [3.63, 3.8) is 0 Å². The van der Waals surface area contributed by atoms with Gasteiger partial charge in [-0.15, -0.1) is 0 Å². The van der Waals surface area contributed by atoms with Gasteiger partial charge in [0.2, 0.25) is 0 Å². The lowest BCUT2D eigenvalue weighted by Crippen LogP contribution is -2.50. The summed E-state index contributed by atoms with van der Waals surface area (Å²) in [6.45, 7) is 8.42. The normalized spacial score (nSPS) is 20.3. The van der Waals surface area contributed by atoms with Crippen molar-refractivity contribution in [2.45, 2.75) is 64.5 Å². The molecule has 0 bridgehead atoms. The third kappa shape index (κ3) is 5.15. The second-order valence-corrected chi connectivity index (χ2v) is 11.9. The SMILES string of the molecule is C[C@@H](C[C@]1(C)C[C@@H](NC(=O)c2cnc3cc(N(C)CC(C)(C)O)ccn23)C1)c1n[nH]c(=O)c2ccccc12. The summed E-state index contributed by atoms with van der Waals surface area (Å²) >= 11 is 0. The molecule has 1 fully saturated rings. The lowest BCUT2D eigenvalue weighted by molar-refractivity contribution is 0.0673. The topological polar surface area (TPSA) is 116 Å². The van der Waals surface area contributed by atoms with E-state index >= 15 is 0 Å². The van der Waals surface area contributed by atoms with Crippen LogP contribution in [0.4, 0.5) is 5.69 Å². The number of amides is 1. The number of nitrogens with one attached hydrogen (secondary N) is 2. The molecule has 1 aliphatic rings. The molecule has 0 unspecified atom stereocenters. The summed E-state index contributed by atoms with van der Waals surface area (Å²) in [5.74, 6) is 0.0319. The molecule has 3 N–H and O–H groups in total. The Balaban J connectivity index is 1.22. The number of aromatic nitrogens is 4. The van der Waals surface area contributed by atoms with E-state index in [1.54, 1.807) is 24.4 Å². The summed E-state index contributed by atoms with van der Waals surface area (Å²) in [7, 11) is 1.92. The minimum Gasteiger partial charge on any atom is -0.389 e. The molecule has 3 aromatic heterocycles. The van der Waals surface area contributed by atoms with Crippen molar-refractivity contribution in [2.24, 2.45) is 5.41 Å². The lowest BCUT2D eigenvalue weighted by atomic mass is 9.62. The number of benzene rings is 1. The largest absolute Gasteiger partial charge is 0.389 e. The van der Waals surface area contributed by atoms with Crippen LogP contribution >= 0.6 is 0 Å². The molecule has 1 amide bonds. The first kappa shape index (κ1) is 25.9. The fourth-order valence-corrected chi connectivity index (χ4v) is 6.05. The molecule has 38 heavy (non-hydrogen) atoms. The van der Waals surface area contributed by atoms with Crippen LogP contribution in [0, 0.1) is 5.41 Å². The predicted octanol–water partition coefficient (Wildman–Crippen LogP) is 3.87. The molecule has 1 atom stereocenters. The summed E-state index contributed by atoms with van der Waals surface area (Å²) in [6.07, 6.45) is 6.14. The standard InChI is InChI=1S/C29H36N6O3/c1-18(25-21-8-6-7-9-22(21)26(36)33-32-25)13-29(4)14-19(15-29)31-27(37)23-16-30-24-12-20(10-11-35(23)24)34(5)17-28(2,3)38/h6-12,16,18-19,38H,13-15,17H2,1-5H3,(H,31,37)(H,33,36)/t18-,19-,29-/m0/s1. The Bertz CT molecular complexity index is 1540. The molecule has 0 radical (unpaired) electrons. The van der Waals surface area contributed by atoms with Gasteiger partial charge in [-0.2, -0.15) is 5.10 Å². The summed E-state index contributed by atoms with van der Waals surface area (Å²) in [4.78, 5) is 31.7. The van der Waals surface area contributed by atoms with Crippen molar-refractivity contribution in [3.05, 3.63) is 70.5 Å². The Hall–Kier alpha value is -3.72. The quantitative estimate of drug-likeness (QED) is 0.327. The van der Waals surface area contributed by atoms with Crippen molar-refractivity contribution in [1.82, 2.24) is 24.9 Å². The van der Waals surface area contributed by atoms with Crippen LogP contribution < -0.4 is 15.8 Å². The first-order valence-electron chi connectivity index (χ1n) is 13.1. The fraction of sp³-hybridized carbons (Fsp3) is 0.448.